The van der Waals surface area contributed by atoms with Crippen LogP contribution in [-0.4, -0.2) is 52.6 Å². The van der Waals surface area contributed by atoms with Crippen LogP contribution in [0, 0.1) is 11.3 Å². The molecule has 2 saturated heterocycles. The summed E-state index contributed by atoms with van der Waals surface area (Å²) in [6.45, 7) is 9.83. The number of nitrogens with zero attached hydrogens (tertiary/aromatic N) is 4. The molecule has 3 heterocycles. The second-order valence-corrected chi connectivity index (χ2v) is 8.35. The van der Waals surface area contributed by atoms with Crippen molar-refractivity contribution in [3.05, 3.63) is 18.1 Å². The fraction of sp³-hybridized carbons (Fsp3) is 0.684. The summed E-state index contributed by atoms with van der Waals surface area (Å²) < 4.78 is 5.07. The van der Waals surface area contributed by atoms with Crippen LogP contribution >= 0.6 is 0 Å². The van der Waals surface area contributed by atoms with Crippen molar-refractivity contribution in [2.24, 2.45) is 11.3 Å². The normalized spacial score (nSPS) is 21.8. The Morgan fingerprint density at radius 2 is 1.96 bits per heavy atom. The van der Waals surface area contributed by atoms with Gasteiger partial charge in [-0.15, -0.1) is 0 Å². The first-order chi connectivity index (χ1) is 12.3. The summed E-state index contributed by atoms with van der Waals surface area (Å²) in [6, 6.07) is 1.87. The predicted octanol–water partition coefficient (Wildman–Crippen LogP) is 2.65. The van der Waals surface area contributed by atoms with Crippen LogP contribution in [0.2, 0.25) is 0 Å². The maximum Gasteiger partial charge on any atom is 0.415 e. The molecule has 0 bridgehead atoms. The van der Waals surface area contributed by atoms with E-state index in [9.17, 15) is 9.59 Å². The number of likely N-dealkylation sites (tertiary alicyclic amines) is 1. The Balaban J connectivity index is 1.60. The lowest BCUT2D eigenvalue weighted by molar-refractivity contribution is -0.140. The summed E-state index contributed by atoms with van der Waals surface area (Å²) in [5.41, 5.74) is 0.609. The SMILES string of the molecule is C[C@@H]1COC(=O)N1c1cc(CC2CCN(C(=O)C(C)(C)C)CC2)ncn1. The smallest absolute Gasteiger partial charge is 0.415 e. The first-order valence-electron chi connectivity index (χ1n) is 9.32. The number of aromatic nitrogens is 2. The molecule has 0 saturated carbocycles. The minimum Gasteiger partial charge on any atom is -0.447 e. The van der Waals surface area contributed by atoms with Gasteiger partial charge in [0.15, 0.2) is 0 Å². The van der Waals surface area contributed by atoms with Crippen LogP contribution in [0.3, 0.4) is 0 Å². The lowest BCUT2D eigenvalue weighted by Gasteiger charge is -2.35. The topological polar surface area (TPSA) is 75.6 Å². The number of rotatable bonds is 3. The van der Waals surface area contributed by atoms with E-state index in [-0.39, 0.29) is 23.5 Å². The Kier molecular flexibility index (Phi) is 5.16. The van der Waals surface area contributed by atoms with Gasteiger partial charge >= 0.3 is 6.09 Å². The average molecular weight is 360 g/mol. The van der Waals surface area contributed by atoms with Crippen LogP contribution < -0.4 is 4.90 Å². The fourth-order valence-electron chi connectivity index (χ4n) is 3.57. The molecule has 0 unspecified atom stereocenters. The van der Waals surface area contributed by atoms with Crippen LogP contribution in [-0.2, 0) is 16.0 Å². The second kappa shape index (κ2) is 7.21. The van der Waals surface area contributed by atoms with Crippen molar-refractivity contribution >= 4 is 17.8 Å². The van der Waals surface area contributed by atoms with Gasteiger partial charge in [0.1, 0.15) is 18.8 Å². The standard InChI is InChI=1S/C19H28N4O3/c1-13-11-26-18(25)23(13)16-10-15(20-12-21-16)9-14-5-7-22(8-6-14)17(24)19(2,3)4/h10,12-14H,5-9,11H2,1-4H3/t13-/m1/s1. The fourth-order valence-corrected chi connectivity index (χ4v) is 3.57. The zero-order chi connectivity index (χ0) is 18.9. The molecule has 0 N–H and O–H groups in total. The molecule has 3 rings (SSSR count). The molecule has 1 aromatic heterocycles. The van der Waals surface area contributed by atoms with E-state index in [0.717, 1.165) is 38.0 Å². The van der Waals surface area contributed by atoms with Gasteiger partial charge in [-0.1, -0.05) is 20.8 Å². The molecule has 0 aromatic carbocycles. The van der Waals surface area contributed by atoms with Crippen molar-refractivity contribution in [3.8, 4) is 0 Å². The molecule has 2 amide bonds. The summed E-state index contributed by atoms with van der Waals surface area (Å²) in [7, 11) is 0. The first-order valence-corrected chi connectivity index (χ1v) is 9.32. The Bertz CT molecular complexity index is 678. The summed E-state index contributed by atoms with van der Waals surface area (Å²) in [4.78, 5) is 36.4. The Morgan fingerprint density at radius 1 is 1.27 bits per heavy atom. The number of carbonyl (C=O) groups excluding carboxylic acids is 2. The maximum atomic E-state index is 12.4. The Labute approximate surface area is 154 Å². The van der Waals surface area contributed by atoms with E-state index in [2.05, 4.69) is 9.97 Å². The monoisotopic (exact) mass is 360 g/mol. The van der Waals surface area contributed by atoms with Gasteiger partial charge in [0.2, 0.25) is 5.91 Å². The molecule has 0 radical (unpaired) electrons. The van der Waals surface area contributed by atoms with E-state index in [1.807, 2.05) is 38.7 Å². The maximum absolute atomic E-state index is 12.4. The zero-order valence-electron chi connectivity index (χ0n) is 16.1. The molecule has 2 aliphatic rings. The number of carbonyl (C=O) groups is 2. The van der Waals surface area contributed by atoms with E-state index >= 15 is 0 Å². The van der Waals surface area contributed by atoms with Crippen LogP contribution in [0.1, 0.15) is 46.2 Å². The molecule has 7 nitrogen and oxygen atoms in total. The minimum atomic E-state index is -0.351. The van der Waals surface area contributed by atoms with Crippen molar-refractivity contribution in [2.45, 2.75) is 53.0 Å². The molecule has 7 heteroatoms. The molecule has 0 aliphatic carbocycles. The molecule has 142 valence electrons. The van der Waals surface area contributed by atoms with Gasteiger partial charge in [-0.3, -0.25) is 9.69 Å². The Hall–Kier alpha value is -2.18. The predicted molar refractivity (Wildman–Crippen MR) is 97.8 cm³/mol. The van der Waals surface area contributed by atoms with Gasteiger partial charge in [0, 0.05) is 30.3 Å². The molecule has 2 fully saturated rings. The molecule has 1 atom stereocenters. The molecular weight excluding hydrogens is 332 g/mol. The molecule has 26 heavy (non-hydrogen) atoms. The van der Waals surface area contributed by atoms with Crippen LogP contribution in [0.4, 0.5) is 10.6 Å². The van der Waals surface area contributed by atoms with E-state index in [1.165, 1.54) is 6.33 Å². The van der Waals surface area contributed by atoms with Crippen molar-refractivity contribution in [3.63, 3.8) is 0 Å². The lowest BCUT2D eigenvalue weighted by atomic mass is 9.89. The van der Waals surface area contributed by atoms with Crippen LogP contribution in [0.15, 0.2) is 12.4 Å². The second-order valence-electron chi connectivity index (χ2n) is 8.35. The average Bonchev–Trinajstić information content (AvgIpc) is 2.93. The van der Waals surface area contributed by atoms with Gasteiger partial charge in [0.05, 0.1) is 6.04 Å². The number of hydrogen-bond donors (Lipinski definition) is 0. The third kappa shape index (κ3) is 3.97. The number of hydrogen-bond acceptors (Lipinski definition) is 5. The highest BCUT2D eigenvalue weighted by molar-refractivity contribution is 5.88. The van der Waals surface area contributed by atoms with Gasteiger partial charge in [-0.05, 0) is 32.1 Å². The van der Waals surface area contributed by atoms with Gasteiger partial charge in [0.25, 0.3) is 0 Å². The zero-order valence-corrected chi connectivity index (χ0v) is 16.1. The molecule has 2 aliphatic heterocycles. The van der Waals surface area contributed by atoms with Gasteiger partial charge in [-0.2, -0.15) is 0 Å². The van der Waals surface area contributed by atoms with Crippen LogP contribution in [0.5, 0.6) is 0 Å². The van der Waals surface area contributed by atoms with E-state index in [4.69, 9.17) is 4.74 Å². The van der Waals surface area contributed by atoms with Gasteiger partial charge in [-0.25, -0.2) is 14.8 Å². The number of cyclic esters (lactones) is 1. The van der Waals surface area contributed by atoms with Crippen LogP contribution in [0.25, 0.3) is 0 Å². The molecule has 1 aromatic rings. The highest BCUT2D eigenvalue weighted by Gasteiger charge is 2.33. The van der Waals surface area contributed by atoms with Crippen molar-refractivity contribution in [1.82, 2.24) is 14.9 Å². The first kappa shape index (κ1) is 18.6. The minimum absolute atomic E-state index is 0.0168. The van der Waals surface area contributed by atoms with E-state index < -0.39 is 0 Å². The lowest BCUT2D eigenvalue weighted by Crippen LogP contribution is -2.44. The van der Waals surface area contributed by atoms with E-state index in [0.29, 0.717) is 18.3 Å². The number of piperidine rings is 1. The van der Waals surface area contributed by atoms with Crippen molar-refractivity contribution in [2.75, 3.05) is 24.6 Å². The Morgan fingerprint density at radius 3 is 2.54 bits per heavy atom. The quantitative estimate of drug-likeness (QED) is 0.828. The number of ether oxygens (including phenoxy) is 1. The highest BCUT2D eigenvalue weighted by Crippen LogP contribution is 2.27. The summed E-state index contributed by atoms with van der Waals surface area (Å²) >= 11 is 0. The van der Waals surface area contributed by atoms with Crippen molar-refractivity contribution < 1.29 is 14.3 Å². The number of amides is 2. The largest absolute Gasteiger partial charge is 0.447 e. The van der Waals surface area contributed by atoms with Crippen molar-refractivity contribution in [1.29, 1.82) is 0 Å². The third-order valence-electron chi connectivity index (χ3n) is 5.08. The highest BCUT2D eigenvalue weighted by atomic mass is 16.6. The molecular formula is C19H28N4O3. The number of anilines is 1. The van der Waals surface area contributed by atoms with E-state index in [1.54, 1.807) is 4.90 Å². The third-order valence-corrected chi connectivity index (χ3v) is 5.08. The summed E-state index contributed by atoms with van der Waals surface area (Å²) in [5.74, 6) is 1.32. The molecule has 0 spiro atoms. The summed E-state index contributed by atoms with van der Waals surface area (Å²) in [6.07, 6.45) is 3.95. The summed E-state index contributed by atoms with van der Waals surface area (Å²) in [5, 5.41) is 0. The van der Waals surface area contributed by atoms with Gasteiger partial charge < -0.3 is 9.64 Å².